The maximum absolute atomic E-state index is 3.82. The summed E-state index contributed by atoms with van der Waals surface area (Å²) in [5, 5.41) is 4.06. The van der Waals surface area contributed by atoms with Crippen LogP contribution in [0.2, 0.25) is 0 Å². The van der Waals surface area contributed by atoms with E-state index in [4.69, 9.17) is 0 Å². The molecule has 1 nitrogen and oxygen atoms in total. The van der Waals surface area contributed by atoms with Crippen molar-refractivity contribution in [2.45, 2.75) is 39.5 Å². The molecule has 0 saturated heterocycles. The first kappa shape index (κ1) is 21.7. The van der Waals surface area contributed by atoms with Crippen LogP contribution in [0.4, 0.5) is 5.69 Å². The summed E-state index contributed by atoms with van der Waals surface area (Å²) >= 11 is 0. The zero-order valence-electron chi connectivity index (χ0n) is 19.2. The van der Waals surface area contributed by atoms with Crippen LogP contribution in [0, 0.1) is 6.54 Å². The summed E-state index contributed by atoms with van der Waals surface area (Å²) in [6, 6.07) is 28.6. The molecule has 3 aromatic rings. The Kier molecular flexibility index (Phi) is 6.26. The van der Waals surface area contributed by atoms with Crippen molar-refractivity contribution >= 4 is 28.5 Å². The summed E-state index contributed by atoms with van der Waals surface area (Å²) in [6.45, 7) is 13.6. The van der Waals surface area contributed by atoms with E-state index in [1.807, 2.05) is 0 Å². The number of para-hydroxylation sites is 1. The van der Waals surface area contributed by atoms with Gasteiger partial charge in [0.05, 0.1) is 0 Å². The van der Waals surface area contributed by atoms with Gasteiger partial charge in [0.25, 0.3) is 0 Å². The Morgan fingerprint density at radius 2 is 1.16 bits per heavy atom. The monoisotopic (exact) mass is 425 g/mol. The molecule has 1 aliphatic rings. The van der Waals surface area contributed by atoms with Crippen molar-refractivity contribution in [2.24, 2.45) is 0 Å². The molecule has 31 heavy (non-hydrogen) atoms. The van der Waals surface area contributed by atoms with Gasteiger partial charge in [-0.2, -0.15) is 0 Å². The number of benzene rings is 3. The molecule has 1 aliphatic heterocycles. The second-order valence-electron chi connectivity index (χ2n) is 8.95. The van der Waals surface area contributed by atoms with Gasteiger partial charge in [-0.05, 0) is 58.5 Å². The minimum absolute atomic E-state index is 0.456. The molecule has 2 heteroatoms. The van der Waals surface area contributed by atoms with Crippen LogP contribution in [0.1, 0.15) is 50.7 Å². The summed E-state index contributed by atoms with van der Waals surface area (Å²) in [5.74, 6) is 0.912. The number of anilines is 1. The lowest BCUT2D eigenvalue weighted by Gasteiger charge is -2.29. The lowest BCUT2D eigenvalue weighted by Crippen LogP contribution is -2.23. The summed E-state index contributed by atoms with van der Waals surface area (Å²) in [6.07, 6.45) is 4.50. The van der Waals surface area contributed by atoms with Crippen LogP contribution in [0.25, 0.3) is 0 Å². The third kappa shape index (κ3) is 4.04. The van der Waals surface area contributed by atoms with E-state index in [9.17, 15) is 0 Å². The minimum Gasteiger partial charge on any atom is -0.331 e. The molecular formula is C29H32NP. The van der Waals surface area contributed by atoms with Gasteiger partial charge in [0.15, 0.2) is 0 Å². The van der Waals surface area contributed by atoms with E-state index >= 15 is 0 Å². The second kappa shape index (κ2) is 8.93. The molecule has 0 fully saturated rings. The van der Waals surface area contributed by atoms with Gasteiger partial charge in [0.1, 0.15) is 6.54 Å². The van der Waals surface area contributed by atoms with Gasteiger partial charge in [-0.3, -0.25) is 0 Å². The highest BCUT2D eigenvalue weighted by molar-refractivity contribution is 7.89. The minimum atomic E-state index is -1.78. The third-order valence-electron chi connectivity index (χ3n) is 6.23. The molecule has 0 amide bonds. The topological polar surface area (TPSA) is 3.24 Å². The summed E-state index contributed by atoms with van der Waals surface area (Å²) in [4.78, 5) is 2.25. The average molecular weight is 426 g/mol. The normalized spacial score (nSPS) is 14.2. The molecule has 0 N–H and O–H groups in total. The molecule has 158 valence electrons. The number of hydrogen-bond acceptors (Lipinski definition) is 1. The van der Waals surface area contributed by atoms with Crippen molar-refractivity contribution < 1.29 is 0 Å². The second-order valence-corrected chi connectivity index (χ2v) is 12.5. The molecule has 3 aromatic carbocycles. The third-order valence-corrected chi connectivity index (χ3v) is 10.1. The summed E-state index contributed by atoms with van der Waals surface area (Å²) in [7, 11) is 0. The fourth-order valence-corrected chi connectivity index (χ4v) is 7.46. The summed E-state index contributed by atoms with van der Waals surface area (Å²) < 4.78 is 0. The fourth-order valence-electron chi connectivity index (χ4n) is 4.39. The van der Waals surface area contributed by atoms with Crippen molar-refractivity contribution in [1.29, 1.82) is 0 Å². The standard InChI is InChI=1S/C29H32NP/c1-22(2)27-17-12-18-28(23(3)4)29(27)30-20-19-26(21-30)31(5,24-13-8-6-9-14-24)25-15-10-7-11-16-25/h6-20,22-23H,1-5H3. The average Bonchev–Trinajstić information content (AvgIpc) is 3.29. The molecule has 0 aromatic heterocycles. The van der Waals surface area contributed by atoms with Crippen LogP contribution in [-0.2, 0) is 0 Å². The van der Waals surface area contributed by atoms with Crippen molar-refractivity contribution in [3.05, 3.63) is 109 Å². The Morgan fingerprint density at radius 1 is 0.677 bits per heavy atom. The van der Waals surface area contributed by atoms with Crippen LogP contribution in [0.3, 0.4) is 0 Å². The lowest BCUT2D eigenvalue weighted by atomic mass is 9.92. The van der Waals surface area contributed by atoms with Gasteiger partial charge in [-0.1, -0.05) is 107 Å². The maximum atomic E-state index is 3.82. The van der Waals surface area contributed by atoms with Crippen LogP contribution in [0.15, 0.2) is 91.1 Å². The quantitative estimate of drug-likeness (QED) is 0.408. The van der Waals surface area contributed by atoms with Crippen LogP contribution >= 0.6 is 6.89 Å². The smallest absolute Gasteiger partial charge is 0.131 e. The van der Waals surface area contributed by atoms with E-state index in [-0.39, 0.29) is 0 Å². The van der Waals surface area contributed by atoms with Crippen LogP contribution in [0.5, 0.6) is 0 Å². The van der Waals surface area contributed by atoms with Gasteiger partial charge >= 0.3 is 0 Å². The maximum Gasteiger partial charge on any atom is 0.131 e. The Labute approximate surface area is 188 Å². The molecule has 0 atom stereocenters. The van der Waals surface area contributed by atoms with E-state index in [0.29, 0.717) is 11.8 Å². The van der Waals surface area contributed by atoms with Crippen LogP contribution < -0.4 is 15.5 Å². The van der Waals surface area contributed by atoms with Gasteiger partial charge in [0, 0.05) is 11.9 Å². The van der Waals surface area contributed by atoms with Gasteiger partial charge < -0.3 is 4.90 Å². The predicted octanol–water partition coefficient (Wildman–Crippen LogP) is 6.78. The highest BCUT2D eigenvalue weighted by Crippen LogP contribution is 2.47. The number of rotatable bonds is 5. The SMILES string of the molecule is CC(C)c1cccc(C(C)C)c1N1[C]C(=P(C)(c2ccccc2)c2ccccc2)C=C1. The largest absolute Gasteiger partial charge is 0.331 e. The predicted molar refractivity (Wildman–Crippen MR) is 139 cm³/mol. The van der Waals surface area contributed by atoms with Crippen LogP contribution in [-0.4, -0.2) is 12.0 Å². The van der Waals surface area contributed by atoms with Gasteiger partial charge in [-0.25, -0.2) is 0 Å². The molecule has 0 saturated carbocycles. The van der Waals surface area contributed by atoms with E-state index in [1.54, 1.807) is 0 Å². The fraction of sp³-hybridized carbons (Fsp3) is 0.241. The zero-order valence-corrected chi connectivity index (χ0v) is 20.1. The van der Waals surface area contributed by atoms with Gasteiger partial charge in [-0.15, -0.1) is 0 Å². The first-order valence-electron chi connectivity index (χ1n) is 11.1. The molecule has 1 heterocycles. The first-order valence-corrected chi connectivity index (χ1v) is 13.4. The lowest BCUT2D eigenvalue weighted by molar-refractivity contribution is 0.829. The molecule has 0 unspecified atom stereocenters. The Hall–Kier alpha value is -2.50. The van der Waals surface area contributed by atoms with Crippen molar-refractivity contribution in [1.82, 2.24) is 0 Å². The van der Waals surface area contributed by atoms with E-state index in [1.165, 1.54) is 32.7 Å². The highest BCUT2D eigenvalue weighted by Gasteiger charge is 2.28. The molecule has 0 bridgehead atoms. The molecule has 2 radical (unpaired) electrons. The van der Waals surface area contributed by atoms with Crippen molar-refractivity contribution in [3.63, 3.8) is 0 Å². The molecule has 0 aliphatic carbocycles. The molecular weight excluding hydrogens is 393 g/mol. The highest BCUT2D eigenvalue weighted by atomic mass is 31.2. The molecule has 0 spiro atoms. The molecule has 4 rings (SSSR count). The Bertz CT molecular complexity index is 1050. The van der Waals surface area contributed by atoms with E-state index in [0.717, 1.165) is 0 Å². The summed E-state index contributed by atoms with van der Waals surface area (Å²) in [5.41, 5.74) is 4.06. The zero-order chi connectivity index (χ0) is 22.0. The van der Waals surface area contributed by atoms with Crippen molar-refractivity contribution in [3.8, 4) is 0 Å². The van der Waals surface area contributed by atoms with E-state index in [2.05, 4.69) is 137 Å². The van der Waals surface area contributed by atoms with Crippen molar-refractivity contribution in [2.75, 3.05) is 11.6 Å². The van der Waals surface area contributed by atoms with E-state index < -0.39 is 6.89 Å². The Morgan fingerprint density at radius 3 is 1.61 bits per heavy atom. The Balaban J connectivity index is 1.88. The first-order chi connectivity index (χ1) is 14.9. The number of nitrogens with zero attached hydrogens (tertiary/aromatic N) is 1. The number of hydrogen-bond donors (Lipinski definition) is 0. The van der Waals surface area contributed by atoms with Gasteiger partial charge in [0.2, 0.25) is 0 Å².